The zero-order chi connectivity index (χ0) is 21.7. The van der Waals surface area contributed by atoms with E-state index in [0.717, 1.165) is 17.0 Å². The van der Waals surface area contributed by atoms with Crippen molar-refractivity contribution in [3.05, 3.63) is 52.0 Å². The van der Waals surface area contributed by atoms with E-state index in [0.29, 0.717) is 47.1 Å². The summed E-state index contributed by atoms with van der Waals surface area (Å²) < 4.78 is 11.0. The quantitative estimate of drug-likeness (QED) is 0.479. The molecule has 0 aliphatic carbocycles. The molecule has 0 bridgehead atoms. The molecule has 0 unspecified atom stereocenters. The maximum Gasteiger partial charge on any atom is 0.242 e. The Hall–Kier alpha value is -1.89. The third kappa shape index (κ3) is 5.23. The summed E-state index contributed by atoms with van der Waals surface area (Å²) in [4.78, 5) is 19.3. The smallest absolute Gasteiger partial charge is 0.242 e. The molecule has 1 saturated heterocycles. The van der Waals surface area contributed by atoms with Crippen LogP contribution < -0.4 is 9.47 Å². The summed E-state index contributed by atoms with van der Waals surface area (Å²) >= 11 is 14.1. The molecule has 3 rings (SSSR count). The SMILES string of the molecule is CCOc1ccc(N=C2S[C@@H](Cc3cc(Cl)c(OCC)c(Cl)c3)C(=O)N2CC)cc1. The Labute approximate surface area is 191 Å². The molecule has 1 aliphatic rings. The molecule has 1 amide bonds. The number of nitrogens with zero attached hydrogens (tertiary/aromatic N) is 2. The van der Waals surface area contributed by atoms with E-state index in [9.17, 15) is 4.79 Å². The van der Waals surface area contributed by atoms with Gasteiger partial charge >= 0.3 is 0 Å². The first kappa shape index (κ1) is 22.8. The number of amides is 1. The van der Waals surface area contributed by atoms with Gasteiger partial charge in [-0.3, -0.25) is 9.69 Å². The molecule has 1 heterocycles. The Bertz CT molecular complexity index is 911. The molecule has 0 aromatic heterocycles. The fourth-order valence-electron chi connectivity index (χ4n) is 3.14. The van der Waals surface area contributed by atoms with E-state index < -0.39 is 0 Å². The summed E-state index contributed by atoms with van der Waals surface area (Å²) in [6, 6.07) is 11.1. The monoisotopic (exact) mass is 466 g/mol. The van der Waals surface area contributed by atoms with Crippen molar-refractivity contribution < 1.29 is 14.3 Å². The highest BCUT2D eigenvalue weighted by Crippen LogP contribution is 2.37. The predicted octanol–water partition coefficient (Wildman–Crippen LogP) is 5.98. The second kappa shape index (κ2) is 10.4. The zero-order valence-corrected chi connectivity index (χ0v) is 19.5. The first-order chi connectivity index (χ1) is 14.5. The highest BCUT2D eigenvalue weighted by molar-refractivity contribution is 8.15. The fourth-order valence-corrected chi connectivity index (χ4v) is 5.04. The second-order valence-electron chi connectivity index (χ2n) is 6.54. The number of carbonyl (C=O) groups excluding carboxylic acids is 1. The molecule has 30 heavy (non-hydrogen) atoms. The largest absolute Gasteiger partial charge is 0.494 e. The van der Waals surface area contributed by atoms with Gasteiger partial charge in [0.25, 0.3) is 0 Å². The Morgan fingerprint density at radius 1 is 1.03 bits per heavy atom. The minimum atomic E-state index is -0.281. The molecule has 1 atom stereocenters. The van der Waals surface area contributed by atoms with E-state index in [4.69, 9.17) is 32.7 Å². The number of hydrogen-bond donors (Lipinski definition) is 0. The number of rotatable bonds is 8. The molecule has 160 valence electrons. The number of amidine groups is 1. The van der Waals surface area contributed by atoms with Crippen LogP contribution in [0.2, 0.25) is 10.0 Å². The average molecular weight is 467 g/mol. The highest BCUT2D eigenvalue weighted by Gasteiger charge is 2.37. The third-order valence-corrected chi connectivity index (χ3v) is 6.21. The van der Waals surface area contributed by atoms with Crippen molar-refractivity contribution in [3.63, 3.8) is 0 Å². The molecule has 2 aromatic carbocycles. The van der Waals surface area contributed by atoms with Gasteiger partial charge in [-0.15, -0.1) is 0 Å². The summed E-state index contributed by atoms with van der Waals surface area (Å²) in [7, 11) is 0. The van der Waals surface area contributed by atoms with E-state index >= 15 is 0 Å². The van der Waals surface area contributed by atoms with Crippen LogP contribution in [0.3, 0.4) is 0 Å². The van der Waals surface area contributed by atoms with Gasteiger partial charge < -0.3 is 9.47 Å². The topological polar surface area (TPSA) is 51.1 Å². The maximum atomic E-state index is 12.9. The van der Waals surface area contributed by atoms with E-state index in [-0.39, 0.29) is 11.2 Å². The van der Waals surface area contributed by atoms with Gasteiger partial charge in [0.05, 0.1) is 34.2 Å². The minimum absolute atomic E-state index is 0.0355. The summed E-state index contributed by atoms with van der Waals surface area (Å²) in [5.74, 6) is 1.31. The zero-order valence-electron chi connectivity index (χ0n) is 17.2. The number of hydrogen-bond acceptors (Lipinski definition) is 5. The molecular weight excluding hydrogens is 443 g/mol. The molecule has 0 N–H and O–H groups in total. The molecule has 0 saturated carbocycles. The van der Waals surface area contributed by atoms with Crippen LogP contribution in [-0.2, 0) is 11.2 Å². The lowest BCUT2D eigenvalue weighted by molar-refractivity contribution is -0.126. The summed E-state index contributed by atoms with van der Waals surface area (Å²) in [5, 5.41) is 1.31. The van der Waals surface area contributed by atoms with Crippen LogP contribution in [0, 0.1) is 0 Å². The van der Waals surface area contributed by atoms with Gasteiger partial charge in [0.15, 0.2) is 10.9 Å². The van der Waals surface area contributed by atoms with Gasteiger partial charge in [-0.25, -0.2) is 4.99 Å². The lowest BCUT2D eigenvalue weighted by atomic mass is 10.1. The predicted molar refractivity (Wildman–Crippen MR) is 125 cm³/mol. The van der Waals surface area contributed by atoms with Gasteiger partial charge in [0.2, 0.25) is 5.91 Å². The van der Waals surface area contributed by atoms with Crippen LogP contribution in [0.25, 0.3) is 0 Å². The van der Waals surface area contributed by atoms with Gasteiger partial charge in [0, 0.05) is 6.54 Å². The molecule has 0 radical (unpaired) electrons. The first-order valence-corrected chi connectivity index (χ1v) is 11.5. The van der Waals surface area contributed by atoms with Crippen LogP contribution in [0.15, 0.2) is 41.4 Å². The molecule has 8 heteroatoms. The standard InChI is InChI=1S/C22H24Cl2N2O3S/c1-4-26-21(27)19(13-14-11-17(23)20(29-6-3)18(24)12-14)30-22(26)25-15-7-9-16(10-8-15)28-5-2/h7-12,19H,4-6,13H2,1-3H3/t19-/m0/s1. The van der Waals surface area contributed by atoms with Crippen LogP contribution in [0.1, 0.15) is 26.3 Å². The summed E-state index contributed by atoms with van der Waals surface area (Å²) in [6.07, 6.45) is 0.508. The lowest BCUT2D eigenvalue weighted by Crippen LogP contribution is -2.32. The molecule has 1 aliphatic heterocycles. The van der Waals surface area contributed by atoms with Crippen molar-refractivity contribution >= 4 is 51.7 Å². The van der Waals surface area contributed by atoms with Gasteiger partial charge in [-0.05, 0) is 69.2 Å². The molecule has 0 spiro atoms. The maximum absolute atomic E-state index is 12.9. The average Bonchev–Trinajstić information content (AvgIpc) is 3.00. The van der Waals surface area contributed by atoms with Crippen molar-refractivity contribution in [1.29, 1.82) is 0 Å². The van der Waals surface area contributed by atoms with Gasteiger partial charge in [0.1, 0.15) is 5.75 Å². The van der Waals surface area contributed by atoms with E-state index in [2.05, 4.69) is 4.99 Å². The van der Waals surface area contributed by atoms with E-state index in [1.165, 1.54) is 11.8 Å². The van der Waals surface area contributed by atoms with Gasteiger partial charge in [-0.2, -0.15) is 0 Å². The molecule has 2 aromatic rings. The molecule has 5 nitrogen and oxygen atoms in total. The van der Waals surface area contributed by atoms with Crippen molar-refractivity contribution in [2.75, 3.05) is 19.8 Å². The number of benzene rings is 2. The van der Waals surface area contributed by atoms with Gasteiger partial charge in [-0.1, -0.05) is 35.0 Å². The highest BCUT2D eigenvalue weighted by atomic mass is 35.5. The Kier molecular flexibility index (Phi) is 7.92. The summed E-state index contributed by atoms with van der Waals surface area (Å²) in [6.45, 7) is 7.41. The Balaban J connectivity index is 1.79. The fraction of sp³-hybridized carbons (Fsp3) is 0.364. The Morgan fingerprint density at radius 3 is 2.23 bits per heavy atom. The van der Waals surface area contributed by atoms with E-state index in [1.807, 2.05) is 57.2 Å². The van der Waals surface area contributed by atoms with Crippen LogP contribution in [0.5, 0.6) is 11.5 Å². The second-order valence-corrected chi connectivity index (χ2v) is 8.52. The third-order valence-electron chi connectivity index (χ3n) is 4.48. The van der Waals surface area contributed by atoms with Crippen molar-refractivity contribution in [2.45, 2.75) is 32.4 Å². The minimum Gasteiger partial charge on any atom is -0.494 e. The number of thioether (sulfide) groups is 1. The van der Waals surface area contributed by atoms with Crippen molar-refractivity contribution in [1.82, 2.24) is 4.90 Å². The van der Waals surface area contributed by atoms with E-state index in [1.54, 1.807) is 4.90 Å². The summed E-state index contributed by atoms with van der Waals surface area (Å²) in [5.41, 5.74) is 1.66. The van der Waals surface area contributed by atoms with Crippen LogP contribution >= 0.6 is 35.0 Å². The van der Waals surface area contributed by atoms with Crippen molar-refractivity contribution in [3.8, 4) is 11.5 Å². The Morgan fingerprint density at radius 2 is 1.67 bits per heavy atom. The van der Waals surface area contributed by atoms with Crippen molar-refractivity contribution in [2.24, 2.45) is 4.99 Å². The lowest BCUT2D eigenvalue weighted by Gasteiger charge is -2.14. The normalized spacial score (nSPS) is 17.6. The van der Waals surface area contributed by atoms with Crippen LogP contribution in [0.4, 0.5) is 5.69 Å². The first-order valence-electron chi connectivity index (χ1n) is 9.87. The molecule has 1 fully saturated rings. The number of ether oxygens (including phenoxy) is 2. The molecular formula is C22H24Cl2N2O3S. The number of aliphatic imine (C=N–C) groups is 1. The van der Waals surface area contributed by atoms with Crippen LogP contribution in [-0.4, -0.2) is 41.0 Å². The number of halogens is 2. The number of carbonyl (C=O) groups is 1.